The Balaban J connectivity index is 1.77. The highest BCUT2D eigenvalue weighted by Crippen LogP contribution is 2.41. The van der Waals surface area contributed by atoms with E-state index in [9.17, 15) is 0 Å². The quantitative estimate of drug-likeness (QED) is 0.808. The molecule has 2 aliphatic carbocycles. The summed E-state index contributed by atoms with van der Waals surface area (Å²) in [5.41, 5.74) is 3.16. The molecule has 0 radical (unpaired) electrons. The molecule has 1 aromatic carbocycles. The molecule has 3 rings (SSSR count). The highest BCUT2D eigenvalue weighted by molar-refractivity contribution is 7.80. The summed E-state index contributed by atoms with van der Waals surface area (Å²) in [7, 11) is 0. The monoisotopic (exact) mass is 274 g/mol. The first-order valence-electron chi connectivity index (χ1n) is 7.23. The first-order valence-corrected chi connectivity index (χ1v) is 7.63. The normalized spacial score (nSPS) is 24.4. The van der Waals surface area contributed by atoms with Crippen LogP contribution in [0.4, 0.5) is 0 Å². The smallest absolute Gasteiger partial charge is 0.166 e. The summed E-state index contributed by atoms with van der Waals surface area (Å²) in [6.45, 7) is 4.67. The summed E-state index contributed by atoms with van der Waals surface area (Å²) in [6.07, 6.45) is 4.87. The molecule has 2 aliphatic rings. The highest BCUT2D eigenvalue weighted by Gasteiger charge is 2.32. The van der Waals surface area contributed by atoms with E-state index in [1.54, 1.807) is 0 Å². The Kier molecular flexibility index (Phi) is 3.25. The first kappa shape index (κ1) is 12.9. The number of thiocarbonyl (C=S) groups is 1. The molecule has 2 nitrogen and oxygen atoms in total. The van der Waals surface area contributed by atoms with Gasteiger partial charge in [0.25, 0.3) is 0 Å². The molecule has 0 amide bonds. The molecule has 19 heavy (non-hydrogen) atoms. The van der Waals surface area contributed by atoms with Crippen molar-refractivity contribution < 1.29 is 0 Å². The molecule has 3 heteroatoms. The molecular weight excluding hydrogens is 252 g/mol. The maximum atomic E-state index is 5.42. The summed E-state index contributed by atoms with van der Waals surface area (Å²) in [4.78, 5) is 0. The van der Waals surface area contributed by atoms with Gasteiger partial charge in [-0.25, -0.2) is 0 Å². The number of hydrogen-bond donors (Lipinski definition) is 2. The van der Waals surface area contributed by atoms with Crippen molar-refractivity contribution in [2.24, 2.45) is 0 Å². The Morgan fingerprint density at radius 3 is 2.63 bits per heavy atom. The molecule has 1 aromatic rings. The van der Waals surface area contributed by atoms with Crippen molar-refractivity contribution >= 4 is 17.3 Å². The Morgan fingerprint density at radius 2 is 1.89 bits per heavy atom. The highest BCUT2D eigenvalue weighted by atomic mass is 32.1. The van der Waals surface area contributed by atoms with E-state index in [4.69, 9.17) is 12.2 Å². The van der Waals surface area contributed by atoms with E-state index in [1.165, 1.54) is 30.4 Å². The second-order valence-corrected chi connectivity index (χ2v) is 6.86. The van der Waals surface area contributed by atoms with Crippen molar-refractivity contribution in [2.45, 2.75) is 57.0 Å². The van der Waals surface area contributed by atoms with Crippen LogP contribution in [-0.4, -0.2) is 11.2 Å². The largest absolute Gasteiger partial charge is 0.360 e. The van der Waals surface area contributed by atoms with E-state index in [0.29, 0.717) is 12.1 Å². The zero-order chi connectivity index (χ0) is 13.5. The van der Waals surface area contributed by atoms with Crippen LogP contribution in [-0.2, 0) is 5.41 Å². The summed E-state index contributed by atoms with van der Waals surface area (Å²) in [6, 6.07) is 9.77. The summed E-state index contributed by atoms with van der Waals surface area (Å²) >= 11 is 5.42. The number of nitrogens with one attached hydrogen (secondary N) is 2. The van der Waals surface area contributed by atoms with Crippen LogP contribution in [0.25, 0.3) is 0 Å². The van der Waals surface area contributed by atoms with Gasteiger partial charge in [-0.15, -0.1) is 0 Å². The van der Waals surface area contributed by atoms with Gasteiger partial charge in [-0.2, -0.15) is 0 Å². The second-order valence-electron chi connectivity index (χ2n) is 6.45. The third-order valence-electron chi connectivity index (χ3n) is 4.34. The molecule has 0 aliphatic heterocycles. The molecule has 0 spiro atoms. The molecule has 1 atom stereocenters. The van der Waals surface area contributed by atoms with E-state index in [1.807, 2.05) is 0 Å². The van der Waals surface area contributed by atoms with Gasteiger partial charge in [-0.3, -0.25) is 0 Å². The Labute approximate surface area is 121 Å². The standard InChI is InChI=1S/C16H22N2S/c1-16(2)10-9-14(12-5-3-4-6-13(12)16)18-15(19)17-11-7-8-11/h3-6,11,14H,7-10H2,1-2H3,(H2,17,18,19)/t14-/m1/s1. The number of fused-ring (bicyclic) bond motifs is 1. The topological polar surface area (TPSA) is 24.1 Å². The van der Waals surface area contributed by atoms with Gasteiger partial charge in [0.2, 0.25) is 0 Å². The van der Waals surface area contributed by atoms with Gasteiger partial charge >= 0.3 is 0 Å². The lowest BCUT2D eigenvalue weighted by molar-refractivity contribution is 0.381. The van der Waals surface area contributed by atoms with Crippen LogP contribution in [0.15, 0.2) is 24.3 Å². The van der Waals surface area contributed by atoms with Crippen LogP contribution in [0.2, 0.25) is 0 Å². The van der Waals surface area contributed by atoms with Crippen LogP contribution in [0, 0.1) is 0 Å². The molecule has 1 saturated carbocycles. The average Bonchev–Trinajstić information content (AvgIpc) is 3.17. The van der Waals surface area contributed by atoms with Crippen molar-refractivity contribution in [1.82, 2.24) is 10.6 Å². The van der Waals surface area contributed by atoms with Gasteiger partial charge in [0.1, 0.15) is 0 Å². The molecule has 0 saturated heterocycles. The van der Waals surface area contributed by atoms with E-state index in [2.05, 4.69) is 48.7 Å². The number of benzene rings is 1. The van der Waals surface area contributed by atoms with Gasteiger partial charge in [0.05, 0.1) is 6.04 Å². The number of rotatable bonds is 2. The van der Waals surface area contributed by atoms with Crippen LogP contribution < -0.4 is 10.6 Å². The maximum Gasteiger partial charge on any atom is 0.166 e. The van der Waals surface area contributed by atoms with Crippen LogP contribution >= 0.6 is 12.2 Å². The maximum absolute atomic E-state index is 5.42. The molecule has 102 valence electrons. The SMILES string of the molecule is CC1(C)CC[C@@H](NC(=S)NC2CC2)c2ccccc21. The van der Waals surface area contributed by atoms with Gasteiger partial charge in [0, 0.05) is 6.04 Å². The fourth-order valence-electron chi connectivity index (χ4n) is 2.98. The summed E-state index contributed by atoms with van der Waals surface area (Å²) in [5.74, 6) is 0. The van der Waals surface area contributed by atoms with E-state index in [-0.39, 0.29) is 5.41 Å². The zero-order valence-corrected chi connectivity index (χ0v) is 12.5. The fourth-order valence-corrected chi connectivity index (χ4v) is 3.28. The minimum Gasteiger partial charge on any atom is -0.360 e. The van der Waals surface area contributed by atoms with Crippen molar-refractivity contribution in [3.05, 3.63) is 35.4 Å². The molecule has 0 unspecified atom stereocenters. The minimum atomic E-state index is 0.278. The fraction of sp³-hybridized carbons (Fsp3) is 0.562. The van der Waals surface area contributed by atoms with Crippen LogP contribution in [0.1, 0.15) is 56.7 Å². The molecular formula is C16H22N2S. The Bertz CT molecular complexity index is 491. The van der Waals surface area contributed by atoms with Gasteiger partial charge in [0.15, 0.2) is 5.11 Å². The minimum absolute atomic E-state index is 0.278. The molecule has 0 heterocycles. The lowest BCUT2D eigenvalue weighted by Crippen LogP contribution is -2.41. The summed E-state index contributed by atoms with van der Waals surface area (Å²) in [5, 5.41) is 7.70. The third-order valence-corrected chi connectivity index (χ3v) is 4.58. The van der Waals surface area contributed by atoms with Crippen LogP contribution in [0.3, 0.4) is 0 Å². The van der Waals surface area contributed by atoms with E-state index < -0.39 is 0 Å². The average molecular weight is 274 g/mol. The molecule has 2 N–H and O–H groups in total. The van der Waals surface area contributed by atoms with Crippen molar-refractivity contribution in [2.75, 3.05) is 0 Å². The van der Waals surface area contributed by atoms with Gasteiger partial charge in [-0.1, -0.05) is 38.1 Å². The predicted molar refractivity (Wildman–Crippen MR) is 83.3 cm³/mol. The lowest BCUT2D eigenvalue weighted by Gasteiger charge is -2.37. The van der Waals surface area contributed by atoms with Crippen molar-refractivity contribution in [3.8, 4) is 0 Å². The van der Waals surface area contributed by atoms with Crippen molar-refractivity contribution in [1.29, 1.82) is 0 Å². The van der Waals surface area contributed by atoms with Gasteiger partial charge in [-0.05, 0) is 54.4 Å². The predicted octanol–water partition coefficient (Wildman–Crippen LogP) is 3.43. The Morgan fingerprint density at radius 1 is 1.16 bits per heavy atom. The molecule has 0 bridgehead atoms. The van der Waals surface area contributed by atoms with Crippen LogP contribution in [0.5, 0.6) is 0 Å². The van der Waals surface area contributed by atoms with Crippen molar-refractivity contribution in [3.63, 3.8) is 0 Å². The van der Waals surface area contributed by atoms with Gasteiger partial charge < -0.3 is 10.6 Å². The Hall–Kier alpha value is -1.09. The first-order chi connectivity index (χ1) is 9.06. The number of hydrogen-bond acceptors (Lipinski definition) is 1. The lowest BCUT2D eigenvalue weighted by atomic mass is 9.71. The molecule has 1 fully saturated rings. The van der Waals surface area contributed by atoms with E-state index in [0.717, 1.165) is 11.5 Å². The zero-order valence-electron chi connectivity index (χ0n) is 11.7. The van der Waals surface area contributed by atoms with E-state index >= 15 is 0 Å². The second kappa shape index (κ2) is 4.78. The third kappa shape index (κ3) is 2.76. The summed E-state index contributed by atoms with van der Waals surface area (Å²) < 4.78 is 0. The molecule has 0 aromatic heterocycles.